The number of H-pyrrole nitrogens is 1. The molecule has 0 radical (unpaired) electrons. The lowest BCUT2D eigenvalue weighted by molar-refractivity contribution is -0.146. The smallest absolute Gasteiger partial charge is 0.328 e. The van der Waals surface area contributed by atoms with Crippen LogP contribution in [0.3, 0.4) is 0 Å². The van der Waals surface area contributed by atoms with Crippen molar-refractivity contribution in [3.05, 3.63) is 82.4 Å². The fourth-order valence-electron chi connectivity index (χ4n) is 2.80. The zero-order valence-electron chi connectivity index (χ0n) is 16.0. The number of amides is 1. The number of nitrogens with zero attached hydrogens (tertiary/aromatic N) is 1. The van der Waals surface area contributed by atoms with Gasteiger partial charge >= 0.3 is 5.97 Å². The summed E-state index contributed by atoms with van der Waals surface area (Å²) >= 11 is 12.3. The van der Waals surface area contributed by atoms with Crippen molar-refractivity contribution in [2.24, 2.45) is 0 Å². The maximum absolute atomic E-state index is 13.2. The lowest BCUT2D eigenvalue weighted by atomic mass is 10.1. The van der Waals surface area contributed by atoms with Gasteiger partial charge in [0.2, 0.25) is 6.10 Å². The zero-order chi connectivity index (χ0) is 21.5. The Balaban J connectivity index is 1.87. The van der Waals surface area contributed by atoms with Crippen molar-refractivity contribution < 1.29 is 19.1 Å². The molecule has 0 aliphatic heterocycles. The quantitative estimate of drug-likeness (QED) is 0.513. The van der Waals surface area contributed by atoms with Crippen LogP contribution in [0.1, 0.15) is 17.4 Å². The lowest BCUT2D eigenvalue weighted by Crippen LogP contribution is -2.46. The summed E-state index contributed by atoms with van der Waals surface area (Å²) < 4.78 is 10.8. The molecule has 0 fully saturated rings. The molecule has 3 aromatic rings. The summed E-state index contributed by atoms with van der Waals surface area (Å²) in [6.07, 6.45) is 2.16. The first-order valence-electron chi connectivity index (χ1n) is 9.00. The fourth-order valence-corrected chi connectivity index (χ4v) is 3.14. The second kappa shape index (κ2) is 10.1. The van der Waals surface area contributed by atoms with Gasteiger partial charge in [-0.05, 0) is 12.1 Å². The van der Waals surface area contributed by atoms with Gasteiger partial charge < -0.3 is 19.8 Å². The number of halogens is 2. The Hall–Kier alpha value is -3.03. The second-order valence-corrected chi connectivity index (χ2v) is 7.11. The van der Waals surface area contributed by atoms with Gasteiger partial charge in [0, 0.05) is 23.9 Å². The number of nitrogens with one attached hydrogen (secondary N) is 2. The van der Waals surface area contributed by atoms with Gasteiger partial charge in [-0.2, -0.15) is 0 Å². The summed E-state index contributed by atoms with van der Waals surface area (Å²) in [4.78, 5) is 32.2. The molecule has 7 nitrogen and oxygen atoms in total. The normalized spacial score (nSPS) is 12.6. The highest BCUT2D eigenvalue weighted by Crippen LogP contribution is 2.34. The topological polar surface area (TPSA) is 93.3 Å². The third-order valence-corrected chi connectivity index (χ3v) is 5.08. The van der Waals surface area contributed by atoms with Crippen molar-refractivity contribution >= 4 is 35.1 Å². The number of carbonyl (C=O) groups excluding carboxylic acids is 2. The predicted molar refractivity (Wildman–Crippen MR) is 113 cm³/mol. The van der Waals surface area contributed by atoms with E-state index in [1.165, 1.54) is 13.4 Å². The molecular weight excluding hydrogens is 429 g/mol. The van der Waals surface area contributed by atoms with Gasteiger partial charge in [-0.3, -0.25) is 4.79 Å². The summed E-state index contributed by atoms with van der Waals surface area (Å²) in [7, 11) is 1.26. The van der Waals surface area contributed by atoms with E-state index >= 15 is 0 Å². The third-order valence-electron chi connectivity index (χ3n) is 4.28. The molecule has 0 spiro atoms. The van der Waals surface area contributed by atoms with Gasteiger partial charge in [0.25, 0.3) is 5.91 Å². The summed E-state index contributed by atoms with van der Waals surface area (Å²) in [5.74, 6) is -0.880. The van der Waals surface area contributed by atoms with Crippen LogP contribution < -0.4 is 10.1 Å². The summed E-state index contributed by atoms with van der Waals surface area (Å²) in [6, 6.07) is 12.8. The van der Waals surface area contributed by atoms with Crippen molar-refractivity contribution in [3.8, 4) is 5.75 Å². The Morgan fingerprint density at radius 1 is 1.13 bits per heavy atom. The molecule has 3 rings (SSSR count). The van der Waals surface area contributed by atoms with Crippen LogP contribution in [-0.2, 0) is 20.7 Å². The van der Waals surface area contributed by atoms with Gasteiger partial charge in [0.1, 0.15) is 16.8 Å². The number of aromatic amines is 1. The van der Waals surface area contributed by atoms with Gasteiger partial charge in [0.15, 0.2) is 0 Å². The van der Waals surface area contributed by atoms with E-state index in [1.807, 2.05) is 6.07 Å². The molecule has 2 aromatic carbocycles. The number of benzene rings is 2. The number of rotatable bonds is 8. The van der Waals surface area contributed by atoms with Crippen molar-refractivity contribution in [2.45, 2.75) is 18.6 Å². The highest BCUT2D eigenvalue weighted by Gasteiger charge is 2.29. The van der Waals surface area contributed by atoms with Crippen molar-refractivity contribution in [3.63, 3.8) is 0 Å². The molecule has 2 N–H and O–H groups in total. The van der Waals surface area contributed by atoms with E-state index in [1.54, 1.807) is 48.7 Å². The van der Waals surface area contributed by atoms with E-state index in [4.69, 9.17) is 32.7 Å². The van der Waals surface area contributed by atoms with Gasteiger partial charge in [-0.25, -0.2) is 9.78 Å². The van der Waals surface area contributed by atoms with Crippen molar-refractivity contribution in [1.29, 1.82) is 0 Å². The van der Waals surface area contributed by atoms with Gasteiger partial charge in [0.05, 0.1) is 18.5 Å². The van der Waals surface area contributed by atoms with Crippen LogP contribution >= 0.6 is 23.2 Å². The molecule has 1 heterocycles. The number of carbonyl (C=O) groups is 2. The van der Waals surface area contributed by atoms with E-state index in [0.717, 1.165) is 0 Å². The van der Waals surface area contributed by atoms with Crippen LogP contribution in [0.2, 0.25) is 10.0 Å². The molecular formula is C21H19Cl2N3O4. The lowest BCUT2D eigenvalue weighted by Gasteiger charge is -2.23. The maximum atomic E-state index is 13.2. The Kier molecular flexibility index (Phi) is 7.32. The number of imidazole rings is 1. The van der Waals surface area contributed by atoms with Crippen LogP contribution in [0.4, 0.5) is 0 Å². The summed E-state index contributed by atoms with van der Waals surface area (Å²) in [6.45, 7) is 0. The number of ether oxygens (including phenoxy) is 2. The van der Waals surface area contributed by atoms with Crippen LogP contribution in [0.25, 0.3) is 0 Å². The van der Waals surface area contributed by atoms with Crippen molar-refractivity contribution in [1.82, 2.24) is 15.3 Å². The van der Waals surface area contributed by atoms with Gasteiger partial charge in [-0.1, -0.05) is 59.6 Å². The SMILES string of the molecule is COC(=O)[C@@H](Cc1cnc[nH]1)NC(=O)C(Oc1cccc(Cl)c1Cl)c1ccccc1. The first kappa shape index (κ1) is 21.7. The largest absolute Gasteiger partial charge is 0.474 e. The number of hydrogen-bond donors (Lipinski definition) is 2. The number of esters is 1. The van der Waals surface area contributed by atoms with Crippen LogP contribution in [-0.4, -0.2) is 35.0 Å². The molecule has 0 saturated carbocycles. The molecule has 1 unspecified atom stereocenters. The molecule has 156 valence electrons. The molecule has 0 aliphatic carbocycles. The summed E-state index contributed by atoms with van der Waals surface area (Å²) in [5.41, 5.74) is 1.25. The minimum absolute atomic E-state index is 0.178. The highest BCUT2D eigenvalue weighted by molar-refractivity contribution is 6.42. The van der Waals surface area contributed by atoms with Crippen LogP contribution in [0, 0.1) is 0 Å². The van der Waals surface area contributed by atoms with E-state index in [2.05, 4.69) is 15.3 Å². The molecule has 2 atom stereocenters. The zero-order valence-corrected chi connectivity index (χ0v) is 17.5. The van der Waals surface area contributed by atoms with E-state index in [9.17, 15) is 9.59 Å². The van der Waals surface area contributed by atoms with Crippen molar-refractivity contribution in [2.75, 3.05) is 7.11 Å². The Morgan fingerprint density at radius 3 is 2.57 bits per heavy atom. The Labute approximate surface area is 183 Å². The molecule has 0 bridgehead atoms. The van der Waals surface area contributed by atoms with Crippen LogP contribution in [0.15, 0.2) is 61.1 Å². The van der Waals surface area contributed by atoms with Crippen LogP contribution in [0.5, 0.6) is 5.75 Å². The maximum Gasteiger partial charge on any atom is 0.328 e. The molecule has 0 saturated heterocycles. The molecule has 1 amide bonds. The minimum Gasteiger partial charge on any atom is -0.474 e. The average molecular weight is 448 g/mol. The van der Waals surface area contributed by atoms with E-state index < -0.39 is 24.0 Å². The monoisotopic (exact) mass is 447 g/mol. The first-order chi connectivity index (χ1) is 14.5. The average Bonchev–Trinajstić information content (AvgIpc) is 3.27. The minimum atomic E-state index is -1.07. The molecule has 1 aromatic heterocycles. The molecule has 30 heavy (non-hydrogen) atoms. The number of hydrogen-bond acceptors (Lipinski definition) is 5. The number of aromatic nitrogens is 2. The predicted octanol–water partition coefficient (Wildman–Crippen LogP) is 3.74. The number of methoxy groups -OCH3 is 1. The summed E-state index contributed by atoms with van der Waals surface area (Å²) in [5, 5.41) is 3.19. The molecule has 0 aliphatic rings. The van der Waals surface area contributed by atoms with Gasteiger partial charge in [-0.15, -0.1) is 0 Å². The Bertz CT molecular complexity index is 997. The molecule has 9 heteroatoms. The van der Waals surface area contributed by atoms with E-state index in [0.29, 0.717) is 16.3 Å². The fraction of sp³-hybridized carbons (Fsp3) is 0.190. The third kappa shape index (κ3) is 5.31. The highest BCUT2D eigenvalue weighted by atomic mass is 35.5. The van der Waals surface area contributed by atoms with E-state index in [-0.39, 0.29) is 17.2 Å². The second-order valence-electron chi connectivity index (χ2n) is 6.33. The standard InChI is InChI=1S/C21H19Cl2N3O4/c1-29-21(28)16(10-14-11-24-12-25-14)26-20(27)19(13-6-3-2-4-7-13)30-17-9-5-8-15(22)18(17)23/h2-9,11-12,16,19H,10H2,1H3,(H,24,25)(H,26,27)/t16-,19?/m1/s1. The first-order valence-corrected chi connectivity index (χ1v) is 9.76. The Morgan fingerprint density at radius 2 is 1.90 bits per heavy atom.